The van der Waals surface area contributed by atoms with Crippen LogP contribution in [0.5, 0.6) is 5.75 Å². The molecule has 122 valence electrons. The van der Waals surface area contributed by atoms with Gasteiger partial charge in [0.2, 0.25) is 5.91 Å². The van der Waals surface area contributed by atoms with Gasteiger partial charge in [0.05, 0.1) is 6.04 Å². The van der Waals surface area contributed by atoms with Gasteiger partial charge in [-0.05, 0) is 28.5 Å². The quantitative estimate of drug-likeness (QED) is 0.716. The third kappa shape index (κ3) is 3.08. The molecule has 0 saturated carbocycles. The monoisotopic (exact) mass is 339 g/mol. The van der Waals surface area contributed by atoms with Crippen LogP contribution in [-0.4, -0.2) is 11.0 Å². The summed E-state index contributed by atoms with van der Waals surface area (Å²) in [5.41, 5.74) is 1.41. The van der Waals surface area contributed by atoms with Crippen molar-refractivity contribution in [1.82, 2.24) is 5.32 Å². The first kappa shape index (κ1) is 16.3. The number of rotatable bonds is 4. The predicted molar refractivity (Wildman–Crippen MR) is 97.3 cm³/mol. The first-order valence-electron chi connectivity index (χ1n) is 7.86. The molecule has 0 aromatic heterocycles. The standard InChI is InChI=1S/C20H18ClNO2/c1-2-18(24)22-20(15-9-5-6-10-16(15)21)19-14-8-4-3-7-13(14)11-12-17(19)23/h3-12,20,23H,2H2,1H3,(H,22,24)/t20-/m0/s1. The maximum atomic E-state index is 12.1. The lowest BCUT2D eigenvalue weighted by atomic mass is 9.92. The van der Waals surface area contributed by atoms with Crippen molar-refractivity contribution in [1.29, 1.82) is 0 Å². The van der Waals surface area contributed by atoms with Crippen molar-refractivity contribution < 1.29 is 9.90 Å². The van der Waals surface area contributed by atoms with Crippen molar-refractivity contribution in [2.75, 3.05) is 0 Å². The third-order valence-electron chi connectivity index (χ3n) is 4.08. The molecule has 0 heterocycles. The molecule has 3 nitrogen and oxygen atoms in total. The molecule has 3 aromatic carbocycles. The van der Waals surface area contributed by atoms with E-state index >= 15 is 0 Å². The fourth-order valence-corrected chi connectivity index (χ4v) is 3.11. The van der Waals surface area contributed by atoms with E-state index in [0.29, 0.717) is 17.0 Å². The Balaban J connectivity index is 2.25. The Labute approximate surface area is 145 Å². The van der Waals surface area contributed by atoms with Crippen molar-refractivity contribution in [2.45, 2.75) is 19.4 Å². The van der Waals surface area contributed by atoms with Gasteiger partial charge in [0.15, 0.2) is 0 Å². The van der Waals surface area contributed by atoms with Gasteiger partial charge in [-0.25, -0.2) is 0 Å². The van der Waals surface area contributed by atoms with Gasteiger partial charge in [-0.15, -0.1) is 0 Å². The highest BCUT2D eigenvalue weighted by molar-refractivity contribution is 6.31. The van der Waals surface area contributed by atoms with E-state index in [-0.39, 0.29) is 11.7 Å². The van der Waals surface area contributed by atoms with E-state index in [9.17, 15) is 9.90 Å². The molecule has 1 atom stereocenters. The second-order valence-electron chi connectivity index (χ2n) is 5.60. The number of halogens is 1. The van der Waals surface area contributed by atoms with E-state index in [0.717, 1.165) is 16.3 Å². The number of carbonyl (C=O) groups is 1. The van der Waals surface area contributed by atoms with Gasteiger partial charge in [-0.1, -0.05) is 67.1 Å². The molecule has 0 aliphatic heterocycles. The highest BCUT2D eigenvalue weighted by Gasteiger charge is 2.23. The Morgan fingerprint density at radius 2 is 1.79 bits per heavy atom. The molecular weight excluding hydrogens is 322 g/mol. The Kier molecular flexibility index (Phi) is 4.72. The molecule has 0 spiro atoms. The van der Waals surface area contributed by atoms with Crippen LogP contribution in [0.3, 0.4) is 0 Å². The number of nitrogens with one attached hydrogen (secondary N) is 1. The number of phenols is 1. The van der Waals surface area contributed by atoms with Gasteiger partial charge in [0, 0.05) is 17.0 Å². The molecule has 0 fully saturated rings. The van der Waals surface area contributed by atoms with Crippen LogP contribution in [0.25, 0.3) is 10.8 Å². The maximum Gasteiger partial charge on any atom is 0.220 e. The zero-order valence-corrected chi connectivity index (χ0v) is 14.0. The van der Waals surface area contributed by atoms with E-state index in [1.807, 2.05) is 48.5 Å². The second-order valence-corrected chi connectivity index (χ2v) is 6.00. The summed E-state index contributed by atoms with van der Waals surface area (Å²) in [5, 5.41) is 15.9. The highest BCUT2D eigenvalue weighted by Crippen LogP contribution is 2.38. The normalized spacial score (nSPS) is 12.1. The molecule has 2 N–H and O–H groups in total. The Hall–Kier alpha value is -2.52. The summed E-state index contributed by atoms with van der Waals surface area (Å²) in [7, 11) is 0. The molecule has 1 amide bonds. The summed E-state index contributed by atoms with van der Waals surface area (Å²) in [6, 6.07) is 18.1. The SMILES string of the molecule is CCC(=O)N[C@@H](c1ccccc1Cl)c1c(O)ccc2ccccc12. The number of carbonyl (C=O) groups excluding carboxylic acids is 1. The summed E-state index contributed by atoms with van der Waals surface area (Å²) in [6.07, 6.45) is 0.354. The molecule has 3 rings (SSSR count). The average Bonchev–Trinajstić information content (AvgIpc) is 2.60. The van der Waals surface area contributed by atoms with Gasteiger partial charge in [0.25, 0.3) is 0 Å². The lowest BCUT2D eigenvalue weighted by molar-refractivity contribution is -0.121. The minimum absolute atomic E-state index is 0.104. The summed E-state index contributed by atoms with van der Waals surface area (Å²) in [4.78, 5) is 12.1. The molecule has 0 aliphatic carbocycles. The molecule has 0 bridgehead atoms. The number of aromatic hydroxyl groups is 1. The molecule has 24 heavy (non-hydrogen) atoms. The zero-order valence-electron chi connectivity index (χ0n) is 13.3. The van der Waals surface area contributed by atoms with E-state index in [2.05, 4.69) is 5.32 Å². The first-order chi connectivity index (χ1) is 11.6. The zero-order chi connectivity index (χ0) is 17.1. The van der Waals surface area contributed by atoms with Crippen LogP contribution in [-0.2, 0) is 4.79 Å². The van der Waals surface area contributed by atoms with E-state index in [1.165, 1.54) is 0 Å². The fourth-order valence-electron chi connectivity index (χ4n) is 2.87. The number of fused-ring (bicyclic) bond motifs is 1. The average molecular weight is 340 g/mol. The molecule has 0 aliphatic rings. The van der Waals surface area contributed by atoms with Crippen LogP contribution >= 0.6 is 11.6 Å². The van der Waals surface area contributed by atoms with Crippen LogP contribution in [0, 0.1) is 0 Å². The molecule has 4 heteroatoms. The lowest BCUT2D eigenvalue weighted by Crippen LogP contribution is -2.29. The van der Waals surface area contributed by atoms with E-state index < -0.39 is 6.04 Å². The van der Waals surface area contributed by atoms with Gasteiger partial charge in [-0.3, -0.25) is 4.79 Å². The van der Waals surface area contributed by atoms with Gasteiger partial charge in [-0.2, -0.15) is 0 Å². The number of hydrogen-bond donors (Lipinski definition) is 2. The van der Waals surface area contributed by atoms with Crippen LogP contribution in [0.15, 0.2) is 60.7 Å². The van der Waals surface area contributed by atoms with Crippen molar-refractivity contribution >= 4 is 28.3 Å². The molecular formula is C20H18ClNO2. The lowest BCUT2D eigenvalue weighted by Gasteiger charge is -2.23. The summed E-state index contributed by atoms with van der Waals surface area (Å²) < 4.78 is 0. The Morgan fingerprint density at radius 3 is 2.54 bits per heavy atom. The highest BCUT2D eigenvalue weighted by atomic mass is 35.5. The Morgan fingerprint density at radius 1 is 1.08 bits per heavy atom. The van der Waals surface area contributed by atoms with E-state index in [1.54, 1.807) is 19.1 Å². The van der Waals surface area contributed by atoms with Crippen LogP contribution in [0.4, 0.5) is 0 Å². The largest absolute Gasteiger partial charge is 0.508 e. The van der Waals surface area contributed by atoms with Crippen molar-refractivity contribution in [3.05, 3.63) is 76.8 Å². The molecule has 0 radical (unpaired) electrons. The molecule has 0 saturated heterocycles. The summed E-state index contributed by atoms with van der Waals surface area (Å²) in [5.74, 6) is 0.0299. The van der Waals surface area contributed by atoms with Gasteiger partial charge < -0.3 is 10.4 Å². The van der Waals surface area contributed by atoms with Gasteiger partial charge in [0.1, 0.15) is 5.75 Å². The molecule has 0 unspecified atom stereocenters. The number of benzene rings is 3. The van der Waals surface area contributed by atoms with Crippen molar-refractivity contribution in [3.8, 4) is 5.75 Å². The number of amides is 1. The minimum Gasteiger partial charge on any atom is -0.508 e. The van der Waals surface area contributed by atoms with Gasteiger partial charge >= 0.3 is 0 Å². The summed E-state index contributed by atoms with van der Waals surface area (Å²) in [6.45, 7) is 1.79. The maximum absolute atomic E-state index is 12.1. The fraction of sp³-hybridized carbons (Fsp3) is 0.150. The van der Waals surface area contributed by atoms with Crippen LogP contribution < -0.4 is 5.32 Å². The smallest absolute Gasteiger partial charge is 0.220 e. The van der Waals surface area contributed by atoms with Crippen LogP contribution in [0.2, 0.25) is 5.02 Å². The molecule has 3 aromatic rings. The predicted octanol–water partition coefficient (Wildman–Crippen LogP) is 4.81. The summed E-state index contributed by atoms with van der Waals surface area (Å²) >= 11 is 6.37. The second kappa shape index (κ2) is 6.93. The number of hydrogen-bond acceptors (Lipinski definition) is 2. The van der Waals surface area contributed by atoms with Crippen molar-refractivity contribution in [3.63, 3.8) is 0 Å². The van der Waals surface area contributed by atoms with Crippen LogP contribution in [0.1, 0.15) is 30.5 Å². The first-order valence-corrected chi connectivity index (χ1v) is 8.24. The topological polar surface area (TPSA) is 49.3 Å². The Bertz CT molecular complexity index is 892. The minimum atomic E-state index is -0.516. The third-order valence-corrected chi connectivity index (χ3v) is 4.42. The van der Waals surface area contributed by atoms with Crippen molar-refractivity contribution in [2.24, 2.45) is 0 Å². The van der Waals surface area contributed by atoms with E-state index in [4.69, 9.17) is 11.6 Å². The number of phenolic OH excluding ortho intramolecular Hbond substituents is 1.